The fraction of sp³-hybridized carbons (Fsp3) is 0.833. The minimum Gasteiger partial charge on any atom is -0.462 e. The molecule has 3 N–H and O–H groups in total. The first kappa shape index (κ1) is 63.8. The number of unbranched alkanes of at least 4 members (excludes halogenated alkanes) is 35. The maximum atomic E-state index is 13.3. The van der Waals surface area contributed by atoms with Crippen LogP contribution in [0.15, 0.2) is 48.6 Å². The molecule has 0 aliphatic rings. The zero-order valence-electron chi connectivity index (χ0n) is 44.1. The molecule has 0 saturated carbocycles. The van der Waals surface area contributed by atoms with E-state index in [0.29, 0.717) is 19.3 Å². The quantitative estimate of drug-likeness (QED) is 0.0321. The third kappa shape index (κ3) is 48.3. The molecule has 0 aliphatic carbocycles. The van der Waals surface area contributed by atoms with Crippen LogP contribution in [0.3, 0.4) is 0 Å². The lowest BCUT2D eigenvalue weighted by Gasteiger charge is -2.24. The van der Waals surface area contributed by atoms with E-state index in [0.717, 1.165) is 70.6 Å². The number of nitrogens with one attached hydrogen (secondary N) is 1. The Balaban J connectivity index is 4.57. The van der Waals surface area contributed by atoms with Crippen molar-refractivity contribution in [2.75, 3.05) is 6.61 Å². The van der Waals surface area contributed by atoms with Crippen LogP contribution >= 0.6 is 0 Å². The minimum absolute atomic E-state index is 0.0711. The second-order valence-electron chi connectivity index (χ2n) is 19.8. The topological polar surface area (TPSA) is 95.9 Å². The van der Waals surface area contributed by atoms with E-state index in [1.54, 1.807) is 0 Å². The van der Waals surface area contributed by atoms with E-state index in [4.69, 9.17) is 4.74 Å². The summed E-state index contributed by atoms with van der Waals surface area (Å²) >= 11 is 0. The van der Waals surface area contributed by atoms with Crippen LogP contribution in [0.25, 0.3) is 0 Å². The molecule has 6 heteroatoms. The molecular weight excluding hydrogens is 815 g/mol. The van der Waals surface area contributed by atoms with E-state index in [2.05, 4.69) is 56.5 Å². The van der Waals surface area contributed by atoms with Crippen molar-refractivity contribution in [1.29, 1.82) is 0 Å². The number of carbonyl (C=O) groups is 2. The second-order valence-corrected chi connectivity index (χ2v) is 19.8. The third-order valence-electron chi connectivity index (χ3n) is 13.3. The lowest BCUT2D eigenvalue weighted by molar-refractivity contribution is -0.151. The van der Waals surface area contributed by atoms with Crippen molar-refractivity contribution in [2.24, 2.45) is 0 Å². The summed E-state index contributed by atoms with van der Waals surface area (Å²) in [5, 5.41) is 23.9. The SMILES string of the molecule is CC/C=C/C=C/C=C/C=C\CCCCCCCC(=O)OC(CCCCCCCCCCCCCCCCCCC)CC(=O)NC(CO)C(O)CCCCCCCCCCCCCCCCC. The Morgan fingerprint density at radius 3 is 1.24 bits per heavy atom. The van der Waals surface area contributed by atoms with Gasteiger partial charge >= 0.3 is 5.97 Å². The molecule has 6 nitrogen and oxygen atoms in total. The molecule has 0 aromatic rings. The molecular formula is C60H111NO5. The summed E-state index contributed by atoms with van der Waals surface area (Å²) in [5.41, 5.74) is 0. The highest BCUT2D eigenvalue weighted by Gasteiger charge is 2.24. The Kier molecular flexibility index (Phi) is 52.0. The van der Waals surface area contributed by atoms with Crippen LogP contribution in [0, 0.1) is 0 Å². The molecule has 0 radical (unpaired) electrons. The van der Waals surface area contributed by atoms with Crippen LogP contribution in [0.5, 0.6) is 0 Å². The van der Waals surface area contributed by atoms with E-state index in [9.17, 15) is 19.8 Å². The molecule has 0 aromatic heterocycles. The number of aliphatic hydroxyl groups is 2. The summed E-state index contributed by atoms with van der Waals surface area (Å²) in [5.74, 6) is -0.486. The van der Waals surface area contributed by atoms with E-state index < -0.39 is 18.2 Å². The first-order valence-corrected chi connectivity index (χ1v) is 28.9. The van der Waals surface area contributed by atoms with Gasteiger partial charge in [-0.15, -0.1) is 0 Å². The number of hydrogen-bond acceptors (Lipinski definition) is 5. The number of hydrogen-bond donors (Lipinski definition) is 3. The van der Waals surface area contributed by atoms with Gasteiger partial charge in [0.1, 0.15) is 6.10 Å². The molecule has 0 heterocycles. The molecule has 0 aliphatic heterocycles. The molecule has 0 fully saturated rings. The lowest BCUT2D eigenvalue weighted by Crippen LogP contribution is -2.46. The highest BCUT2D eigenvalue weighted by molar-refractivity contribution is 5.77. The Morgan fingerprint density at radius 2 is 0.818 bits per heavy atom. The fourth-order valence-electron chi connectivity index (χ4n) is 8.91. The van der Waals surface area contributed by atoms with Crippen LogP contribution in [0.4, 0.5) is 0 Å². The Bertz CT molecular complexity index is 1130. The van der Waals surface area contributed by atoms with Crippen molar-refractivity contribution >= 4 is 11.9 Å². The van der Waals surface area contributed by atoms with E-state index in [-0.39, 0.29) is 24.9 Å². The molecule has 3 atom stereocenters. The van der Waals surface area contributed by atoms with E-state index in [1.165, 1.54) is 180 Å². The predicted octanol–water partition coefficient (Wildman–Crippen LogP) is 17.8. The summed E-state index contributed by atoms with van der Waals surface area (Å²) < 4.78 is 5.96. The lowest BCUT2D eigenvalue weighted by atomic mass is 10.0. The van der Waals surface area contributed by atoms with Gasteiger partial charge in [0, 0.05) is 6.42 Å². The maximum absolute atomic E-state index is 13.3. The molecule has 3 unspecified atom stereocenters. The molecule has 1 amide bonds. The van der Waals surface area contributed by atoms with Crippen molar-refractivity contribution in [3.63, 3.8) is 0 Å². The summed E-state index contributed by atoms with van der Waals surface area (Å²) in [4.78, 5) is 26.3. The number of ether oxygens (including phenoxy) is 1. The number of esters is 1. The fourth-order valence-corrected chi connectivity index (χ4v) is 8.91. The van der Waals surface area contributed by atoms with Crippen molar-refractivity contribution in [1.82, 2.24) is 5.32 Å². The second kappa shape index (κ2) is 53.8. The van der Waals surface area contributed by atoms with Crippen LogP contribution in [0.2, 0.25) is 0 Å². The standard InChI is InChI=1S/C60H111NO5/c1-4-7-10-13-16-19-22-25-28-29-32-33-36-39-42-45-48-51-56(66-60(65)53-50-47-44-41-38-35-31-27-24-21-18-15-12-9-6-3)54-59(64)61-57(55-62)58(63)52-49-46-43-40-37-34-30-26-23-20-17-14-11-8-5-2/h9,12,15,18,21,24,27,31,56-58,62-63H,4-8,10-11,13-14,16-17,19-20,22-23,25-26,28-30,32-55H2,1-3H3,(H,61,64)/b12-9+,18-15+,24-21+,31-27-. The normalized spacial score (nSPS) is 13.5. The highest BCUT2D eigenvalue weighted by Crippen LogP contribution is 2.19. The van der Waals surface area contributed by atoms with Crippen molar-refractivity contribution in [3.8, 4) is 0 Å². The number of aliphatic hydroxyl groups excluding tert-OH is 2. The highest BCUT2D eigenvalue weighted by atomic mass is 16.5. The largest absolute Gasteiger partial charge is 0.462 e. The van der Waals surface area contributed by atoms with Gasteiger partial charge in [-0.05, 0) is 44.9 Å². The summed E-state index contributed by atoms with van der Waals surface area (Å²) in [7, 11) is 0. The van der Waals surface area contributed by atoms with Gasteiger partial charge in [0.05, 0.1) is 25.2 Å². The molecule has 0 saturated heterocycles. The summed E-state index contributed by atoms with van der Waals surface area (Å²) in [6.45, 7) is 6.38. The summed E-state index contributed by atoms with van der Waals surface area (Å²) in [6.07, 6.45) is 66.0. The van der Waals surface area contributed by atoms with Crippen molar-refractivity contribution < 1.29 is 24.5 Å². The molecule has 66 heavy (non-hydrogen) atoms. The first-order valence-electron chi connectivity index (χ1n) is 28.9. The minimum atomic E-state index is -0.791. The smallest absolute Gasteiger partial charge is 0.306 e. The van der Waals surface area contributed by atoms with Crippen LogP contribution in [0.1, 0.15) is 297 Å². The molecule has 386 valence electrons. The van der Waals surface area contributed by atoms with Crippen molar-refractivity contribution in [3.05, 3.63) is 48.6 Å². The average Bonchev–Trinajstić information content (AvgIpc) is 3.31. The van der Waals surface area contributed by atoms with E-state index >= 15 is 0 Å². The molecule has 0 aromatic carbocycles. The third-order valence-corrected chi connectivity index (χ3v) is 13.3. The van der Waals surface area contributed by atoms with Gasteiger partial charge in [-0.25, -0.2) is 0 Å². The molecule has 0 rings (SSSR count). The molecule has 0 bridgehead atoms. The van der Waals surface area contributed by atoms with Crippen LogP contribution < -0.4 is 5.32 Å². The van der Waals surface area contributed by atoms with Gasteiger partial charge in [-0.1, -0.05) is 288 Å². The van der Waals surface area contributed by atoms with Crippen LogP contribution in [-0.4, -0.2) is 46.9 Å². The van der Waals surface area contributed by atoms with Gasteiger partial charge < -0.3 is 20.3 Å². The Hall–Kier alpha value is -2.18. The monoisotopic (exact) mass is 926 g/mol. The predicted molar refractivity (Wildman–Crippen MR) is 287 cm³/mol. The zero-order chi connectivity index (χ0) is 48.1. The zero-order valence-corrected chi connectivity index (χ0v) is 44.1. The number of carbonyl (C=O) groups excluding carboxylic acids is 2. The average molecular weight is 927 g/mol. The first-order chi connectivity index (χ1) is 32.5. The van der Waals surface area contributed by atoms with E-state index in [1.807, 2.05) is 18.2 Å². The van der Waals surface area contributed by atoms with Crippen LogP contribution in [-0.2, 0) is 14.3 Å². The Morgan fingerprint density at radius 1 is 0.455 bits per heavy atom. The van der Waals surface area contributed by atoms with Gasteiger partial charge in [0.2, 0.25) is 5.91 Å². The van der Waals surface area contributed by atoms with Crippen molar-refractivity contribution in [2.45, 2.75) is 315 Å². The maximum Gasteiger partial charge on any atom is 0.306 e. The number of allylic oxidation sites excluding steroid dienone is 8. The van der Waals surface area contributed by atoms with Gasteiger partial charge in [0.25, 0.3) is 0 Å². The summed E-state index contributed by atoms with van der Waals surface area (Å²) in [6, 6.07) is -0.706. The Labute approximate surface area is 410 Å². The van der Waals surface area contributed by atoms with Gasteiger partial charge in [0.15, 0.2) is 0 Å². The van der Waals surface area contributed by atoms with Gasteiger partial charge in [-0.2, -0.15) is 0 Å². The van der Waals surface area contributed by atoms with Gasteiger partial charge in [-0.3, -0.25) is 9.59 Å². The molecule has 0 spiro atoms. The number of rotatable bonds is 52. The number of amides is 1.